The number of methoxy groups -OCH3 is 2. The molecule has 29 heavy (non-hydrogen) atoms. The lowest BCUT2D eigenvalue weighted by Crippen LogP contribution is -2.51. The average molecular weight is 397 g/mol. The third kappa shape index (κ3) is 4.17. The number of ether oxygens (including phenoxy) is 4. The van der Waals surface area contributed by atoms with Crippen molar-refractivity contribution in [2.45, 2.75) is 31.4 Å². The van der Waals surface area contributed by atoms with Gasteiger partial charge in [-0.25, -0.2) is 0 Å². The summed E-state index contributed by atoms with van der Waals surface area (Å²) in [4.78, 5) is 15.2. The SMILES string of the molecule is COc1ccc(CC(=O)N2Cc3ccccc3OC3(CCOCC3)C2)cc1OC. The van der Waals surface area contributed by atoms with Crippen LogP contribution in [-0.4, -0.2) is 50.4 Å². The van der Waals surface area contributed by atoms with Gasteiger partial charge in [-0.05, 0) is 23.8 Å². The number of rotatable bonds is 4. The summed E-state index contributed by atoms with van der Waals surface area (Å²) in [5.41, 5.74) is 1.54. The van der Waals surface area contributed by atoms with Crippen LogP contribution in [0.15, 0.2) is 42.5 Å². The van der Waals surface area contributed by atoms with Crippen molar-refractivity contribution in [2.24, 2.45) is 0 Å². The molecule has 6 nitrogen and oxygen atoms in total. The molecule has 2 heterocycles. The molecule has 0 bridgehead atoms. The zero-order valence-corrected chi connectivity index (χ0v) is 17.0. The van der Waals surface area contributed by atoms with Gasteiger partial charge in [0, 0.05) is 24.9 Å². The van der Waals surface area contributed by atoms with Crippen LogP contribution in [-0.2, 0) is 22.5 Å². The first-order chi connectivity index (χ1) is 14.1. The van der Waals surface area contributed by atoms with Crippen LogP contribution in [0.1, 0.15) is 24.0 Å². The molecule has 1 fully saturated rings. The molecule has 0 atom stereocenters. The zero-order chi connectivity index (χ0) is 20.3. The monoisotopic (exact) mass is 397 g/mol. The second kappa shape index (κ2) is 8.33. The maximum Gasteiger partial charge on any atom is 0.227 e. The lowest BCUT2D eigenvalue weighted by molar-refractivity contribution is -0.135. The van der Waals surface area contributed by atoms with E-state index in [-0.39, 0.29) is 5.91 Å². The molecule has 6 heteroatoms. The number of para-hydroxylation sites is 1. The Kier molecular flexibility index (Phi) is 5.62. The van der Waals surface area contributed by atoms with Gasteiger partial charge in [-0.3, -0.25) is 4.79 Å². The molecule has 1 saturated heterocycles. The van der Waals surface area contributed by atoms with E-state index in [9.17, 15) is 4.79 Å². The van der Waals surface area contributed by atoms with E-state index in [0.29, 0.717) is 44.2 Å². The highest BCUT2D eigenvalue weighted by atomic mass is 16.5. The van der Waals surface area contributed by atoms with Gasteiger partial charge in [-0.15, -0.1) is 0 Å². The fraction of sp³-hybridized carbons (Fsp3) is 0.435. The van der Waals surface area contributed by atoms with Crippen molar-refractivity contribution in [2.75, 3.05) is 34.0 Å². The van der Waals surface area contributed by atoms with Crippen molar-refractivity contribution >= 4 is 5.91 Å². The molecule has 2 aliphatic heterocycles. The van der Waals surface area contributed by atoms with E-state index in [4.69, 9.17) is 18.9 Å². The Morgan fingerprint density at radius 1 is 1.07 bits per heavy atom. The number of carbonyl (C=O) groups is 1. The van der Waals surface area contributed by atoms with E-state index in [1.165, 1.54) is 0 Å². The number of hydrogen-bond acceptors (Lipinski definition) is 5. The van der Waals surface area contributed by atoms with Gasteiger partial charge in [0.05, 0.1) is 40.4 Å². The molecule has 2 aromatic carbocycles. The maximum absolute atomic E-state index is 13.3. The fourth-order valence-corrected chi connectivity index (χ4v) is 4.07. The van der Waals surface area contributed by atoms with Crippen molar-refractivity contribution in [3.05, 3.63) is 53.6 Å². The second-order valence-corrected chi connectivity index (χ2v) is 7.62. The Balaban J connectivity index is 1.58. The Hall–Kier alpha value is -2.73. The van der Waals surface area contributed by atoms with Crippen LogP contribution in [0, 0.1) is 0 Å². The lowest BCUT2D eigenvalue weighted by atomic mass is 9.93. The van der Waals surface area contributed by atoms with Crippen LogP contribution in [0.3, 0.4) is 0 Å². The van der Waals surface area contributed by atoms with Crippen LogP contribution in [0.4, 0.5) is 0 Å². The van der Waals surface area contributed by atoms with Crippen LogP contribution in [0.2, 0.25) is 0 Å². The third-order valence-corrected chi connectivity index (χ3v) is 5.70. The Bertz CT molecular complexity index is 875. The van der Waals surface area contributed by atoms with Crippen LogP contribution in [0.5, 0.6) is 17.2 Å². The molecule has 0 saturated carbocycles. The van der Waals surface area contributed by atoms with Crippen molar-refractivity contribution in [1.82, 2.24) is 4.90 Å². The van der Waals surface area contributed by atoms with Gasteiger partial charge in [-0.2, -0.15) is 0 Å². The molecule has 0 aromatic heterocycles. The van der Waals surface area contributed by atoms with E-state index in [2.05, 4.69) is 0 Å². The van der Waals surface area contributed by atoms with Gasteiger partial charge in [0.1, 0.15) is 11.4 Å². The molecule has 1 amide bonds. The second-order valence-electron chi connectivity index (χ2n) is 7.62. The lowest BCUT2D eigenvalue weighted by Gasteiger charge is -2.39. The molecule has 2 aromatic rings. The molecule has 154 valence electrons. The van der Waals surface area contributed by atoms with E-state index < -0.39 is 5.60 Å². The molecule has 1 spiro atoms. The number of benzene rings is 2. The molecule has 0 unspecified atom stereocenters. The predicted octanol–water partition coefficient (Wildman–Crippen LogP) is 3.22. The molecule has 0 N–H and O–H groups in total. The number of fused-ring (bicyclic) bond motifs is 1. The Labute approximate surface area is 171 Å². The normalized spacial score (nSPS) is 17.8. The molecular weight excluding hydrogens is 370 g/mol. The summed E-state index contributed by atoms with van der Waals surface area (Å²) in [5.74, 6) is 2.23. The van der Waals surface area contributed by atoms with Crippen LogP contribution < -0.4 is 14.2 Å². The smallest absolute Gasteiger partial charge is 0.227 e. The van der Waals surface area contributed by atoms with Gasteiger partial charge in [-0.1, -0.05) is 24.3 Å². The van der Waals surface area contributed by atoms with E-state index in [1.807, 2.05) is 47.4 Å². The summed E-state index contributed by atoms with van der Waals surface area (Å²) in [6.45, 7) is 2.42. The standard InChI is InChI=1S/C23H27NO5/c1-26-20-8-7-17(13-21(20)27-2)14-22(25)24-15-18-5-3-4-6-19(18)29-23(16-24)9-11-28-12-10-23/h3-8,13H,9-12,14-16H2,1-2H3. The predicted molar refractivity (Wildman–Crippen MR) is 109 cm³/mol. The van der Waals surface area contributed by atoms with E-state index in [1.54, 1.807) is 14.2 Å². The van der Waals surface area contributed by atoms with Gasteiger partial charge >= 0.3 is 0 Å². The topological polar surface area (TPSA) is 57.2 Å². The average Bonchev–Trinajstić information content (AvgIpc) is 2.90. The Morgan fingerprint density at radius 3 is 2.59 bits per heavy atom. The highest BCUT2D eigenvalue weighted by molar-refractivity contribution is 5.79. The minimum absolute atomic E-state index is 0.0726. The first kappa shape index (κ1) is 19.6. The summed E-state index contributed by atoms with van der Waals surface area (Å²) in [5, 5.41) is 0. The highest BCUT2D eigenvalue weighted by Crippen LogP contribution is 2.35. The highest BCUT2D eigenvalue weighted by Gasteiger charge is 2.40. The van der Waals surface area contributed by atoms with Crippen LogP contribution >= 0.6 is 0 Å². The number of carbonyl (C=O) groups excluding carboxylic acids is 1. The summed E-state index contributed by atoms with van der Waals surface area (Å²) < 4.78 is 22.7. The largest absolute Gasteiger partial charge is 0.493 e. The van der Waals surface area contributed by atoms with Crippen molar-refractivity contribution in [3.63, 3.8) is 0 Å². The first-order valence-corrected chi connectivity index (χ1v) is 9.96. The minimum atomic E-state index is -0.391. The minimum Gasteiger partial charge on any atom is -0.493 e. The molecule has 2 aliphatic rings. The molecule has 0 aliphatic carbocycles. The number of hydrogen-bond donors (Lipinski definition) is 0. The van der Waals surface area contributed by atoms with E-state index in [0.717, 1.165) is 29.7 Å². The van der Waals surface area contributed by atoms with Gasteiger partial charge < -0.3 is 23.8 Å². The number of amides is 1. The van der Waals surface area contributed by atoms with Crippen LogP contribution in [0.25, 0.3) is 0 Å². The fourth-order valence-electron chi connectivity index (χ4n) is 4.07. The van der Waals surface area contributed by atoms with E-state index >= 15 is 0 Å². The summed E-state index contributed by atoms with van der Waals surface area (Å²) in [6.07, 6.45) is 1.86. The van der Waals surface area contributed by atoms with Gasteiger partial charge in [0.15, 0.2) is 11.5 Å². The quantitative estimate of drug-likeness (QED) is 0.793. The summed E-state index contributed by atoms with van der Waals surface area (Å²) >= 11 is 0. The van der Waals surface area contributed by atoms with Crippen molar-refractivity contribution in [1.29, 1.82) is 0 Å². The van der Waals surface area contributed by atoms with Crippen molar-refractivity contribution in [3.8, 4) is 17.2 Å². The van der Waals surface area contributed by atoms with Gasteiger partial charge in [0.25, 0.3) is 0 Å². The Morgan fingerprint density at radius 2 is 1.83 bits per heavy atom. The summed E-state index contributed by atoms with van der Waals surface area (Å²) in [6, 6.07) is 13.6. The first-order valence-electron chi connectivity index (χ1n) is 9.96. The zero-order valence-electron chi connectivity index (χ0n) is 17.0. The summed E-state index contributed by atoms with van der Waals surface area (Å²) in [7, 11) is 3.20. The molecular formula is C23H27NO5. The van der Waals surface area contributed by atoms with Crippen molar-refractivity contribution < 1.29 is 23.7 Å². The maximum atomic E-state index is 13.3. The molecule has 4 rings (SSSR count). The number of nitrogens with zero attached hydrogens (tertiary/aromatic N) is 1. The molecule has 0 radical (unpaired) electrons. The van der Waals surface area contributed by atoms with Gasteiger partial charge in [0.2, 0.25) is 5.91 Å². The third-order valence-electron chi connectivity index (χ3n) is 5.70.